The molecule has 0 aromatic heterocycles. The molecule has 1 N–H and O–H groups in total. The van der Waals surface area contributed by atoms with Crippen LogP contribution in [-0.2, 0) is 9.47 Å². The molecule has 1 aliphatic heterocycles. The van der Waals surface area contributed by atoms with Crippen LogP contribution in [0.2, 0.25) is 0 Å². The van der Waals surface area contributed by atoms with Crippen molar-refractivity contribution in [3.8, 4) is 0 Å². The Balaban J connectivity index is 1.57. The highest BCUT2D eigenvalue weighted by Gasteiger charge is 2.26. The Bertz CT molecular complexity index is 192. The zero-order valence-electron chi connectivity index (χ0n) is 10.4. The fourth-order valence-corrected chi connectivity index (χ4v) is 2.66. The summed E-state index contributed by atoms with van der Waals surface area (Å²) >= 11 is 0. The van der Waals surface area contributed by atoms with E-state index in [4.69, 9.17) is 9.47 Å². The molecule has 16 heavy (non-hydrogen) atoms. The van der Waals surface area contributed by atoms with Crippen molar-refractivity contribution in [3.63, 3.8) is 0 Å². The normalized spacial score (nSPS) is 31.3. The SMILES string of the molecule is CCNCC1CCC(COC2CCCC2)O1. The largest absolute Gasteiger partial charge is 0.376 e. The summed E-state index contributed by atoms with van der Waals surface area (Å²) < 4.78 is 11.8. The molecule has 2 unspecified atom stereocenters. The summed E-state index contributed by atoms with van der Waals surface area (Å²) in [6.07, 6.45) is 8.85. The zero-order chi connectivity index (χ0) is 11.2. The summed E-state index contributed by atoms with van der Waals surface area (Å²) in [6.45, 7) is 4.97. The third-order valence-corrected chi connectivity index (χ3v) is 3.64. The molecule has 2 aliphatic rings. The van der Waals surface area contributed by atoms with E-state index >= 15 is 0 Å². The maximum Gasteiger partial charge on any atom is 0.0814 e. The van der Waals surface area contributed by atoms with E-state index in [0.717, 1.165) is 19.7 Å². The Labute approximate surface area is 98.9 Å². The van der Waals surface area contributed by atoms with Crippen molar-refractivity contribution in [2.75, 3.05) is 19.7 Å². The van der Waals surface area contributed by atoms with Gasteiger partial charge >= 0.3 is 0 Å². The molecule has 0 aromatic carbocycles. The lowest BCUT2D eigenvalue weighted by molar-refractivity contribution is -0.0387. The van der Waals surface area contributed by atoms with Gasteiger partial charge in [0, 0.05) is 6.54 Å². The highest BCUT2D eigenvalue weighted by molar-refractivity contribution is 4.76. The van der Waals surface area contributed by atoms with Crippen LogP contribution >= 0.6 is 0 Å². The number of hydrogen-bond acceptors (Lipinski definition) is 3. The lowest BCUT2D eigenvalue weighted by atomic mass is 10.2. The van der Waals surface area contributed by atoms with E-state index in [1.807, 2.05) is 0 Å². The van der Waals surface area contributed by atoms with E-state index < -0.39 is 0 Å². The van der Waals surface area contributed by atoms with Crippen LogP contribution in [-0.4, -0.2) is 38.0 Å². The Morgan fingerprint density at radius 1 is 1.12 bits per heavy atom. The van der Waals surface area contributed by atoms with Gasteiger partial charge in [-0.15, -0.1) is 0 Å². The third-order valence-electron chi connectivity index (χ3n) is 3.64. The fraction of sp³-hybridized carbons (Fsp3) is 1.00. The van der Waals surface area contributed by atoms with Crippen LogP contribution in [0.1, 0.15) is 45.4 Å². The summed E-state index contributed by atoms with van der Waals surface area (Å²) in [5.74, 6) is 0. The molecule has 0 bridgehead atoms. The molecule has 1 saturated carbocycles. The van der Waals surface area contributed by atoms with Crippen LogP contribution < -0.4 is 5.32 Å². The van der Waals surface area contributed by atoms with Gasteiger partial charge < -0.3 is 14.8 Å². The van der Waals surface area contributed by atoms with Gasteiger partial charge in [-0.2, -0.15) is 0 Å². The maximum atomic E-state index is 5.94. The van der Waals surface area contributed by atoms with E-state index in [-0.39, 0.29) is 0 Å². The van der Waals surface area contributed by atoms with Crippen molar-refractivity contribution >= 4 is 0 Å². The summed E-state index contributed by atoms with van der Waals surface area (Å²) in [5, 5.41) is 3.34. The summed E-state index contributed by atoms with van der Waals surface area (Å²) in [5.41, 5.74) is 0. The van der Waals surface area contributed by atoms with Gasteiger partial charge in [-0.25, -0.2) is 0 Å². The van der Waals surface area contributed by atoms with Crippen LogP contribution in [0.25, 0.3) is 0 Å². The molecule has 0 spiro atoms. The summed E-state index contributed by atoms with van der Waals surface area (Å²) in [4.78, 5) is 0. The number of likely N-dealkylation sites (N-methyl/N-ethyl adjacent to an activating group) is 1. The molecule has 2 rings (SSSR count). The van der Waals surface area contributed by atoms with Gasteiger partial charge in [0.15, 0.2) is 0 Å². The third kappa shape index (κ3) is 3.72. The van der Waals surface area contributed by atoms with E-state index in [0.29, 0.717) is 18.3 Å². The topological polar surface area (TPSA) is 30.5 Å². The van der Waals surface area contributed by atoms with Crippen molar-refractivity contribution in [1.29, 1.82) is 0 Å². The highest BCUT2D eigenvalue weighted by Crippen LogP contribution is 2.24. The van der Waals surface area contributed by atoms with E-state index in [9.17, 15) is 0 Å². The van der Waals surface area contributed by atoms with E-state index in [2.05, 4.69) is 12.2 Å². The Morgan fingerprint density at radius 2 is 1.88 bits per heavy atom. The van der Waals surface area contributed by atoms with Crippen molar-refractivity contribution in [1.82, 2.24) is 5.32 Å². The number of hydrogen-bond donors (Lipinski definition) is 1. The second kappa shape index (κ2) is 6.58. The van der Waals surface area contributed by atoms with Gasteiger partial charge in [0.2, 0.25) is 0 Å². The number of rotatable bonds is 6. The van der Waals surface area contributed by atoms with Crippen LogP contribution in [0.15, 0.2) is 0 Å². The van der Waals surface area contributed by atoms with Crippen molar-refractivity contribution in [2.45, 2.75) is 63.8 Å². The first-order chi connectivity index (χ1) is 7.88. The number of nitrogens with one attached hydrogen (secondary N) is 1. The number of ether oxygens (including phenoxy) is 2. The molecule has 2 atom stereocenters. The quantitative estimate of drug-likeness (QED) is 0.754. The Hall–Kier alpha value is -0.120. The Kier molecular flexibility index (Phi) is 5.07. The predicted octanol–water partition coefficient (Wildman–Crippen LogP) is 2.10. The van der Waals surface area contributed by atoms with Crippen molar-refractivity contribution in [3.05, 3.63) is 0 Å². The van der Waals surface area contributed by atoms with Gasteiger partial charge in [-0.1, -0.05) is 19.8 Å². The van der Waals surface area contributed by atoms with Crippen LogP contribution in [0.4, 0.5) is 0 Å². The van der Waals surface area contributed by atoms with Gasteiger partial charge in [-0.05, 0) is 32.2 Å². The monoisotopic (exact) mass is 227 g/mol. The molecular weight excluding hydrogens is 202 g/mol. The minimum Gasteiger partial charge on any atom is -0.376 e. The first-order valence-corrected chi connectivity index (χ1v) is 6.86. The Morgan fingerprint density at radius 3 is 2.62 bits per heavy atom. The zero-order valence-corrected chi connectivity index (χ0v) is 10.4. The van der Waals surface area contributed by atoms with Crippen LogP contribution in [0, 0.1) is 0 Å². The van der Waals surface area contributed by atoms with Crippen molar-refractivity contribution in [2.24, 2.45) is 0 Å². The minimum absolute atomic E-state index is 0.351. The maximum absolute atomic E-state index is 5.94. The fourth-order valence-electron chi connectivity index (χ4n) is 2.66. The van der Waals surface area contributed by atoms with E-state index in [1.54, 1.807) is 0 Å². The van der Waals surface area contributed by atoms with Crippen molar-refractivity contribution < 1.29 is 9.47 Å². The predicted molar refractivity (Wildman–Crippen MR) is 64.6 cm³/mol. The van der Waals surface area contributed by atoms with Crippen LogP contribution in [0.3, 0.4) is 0 Å². The van der Waals surface area contributed by atoms with Gasteiger partial charge in [0.1, 0.15) is 0 Å². The van der Waals surface area contributed by atoms with Crippen LogP contribution in [0.5, 0.6) is 0 Å². The molecule has 1 saturated heterocycles. The van der Waals surface area contributed by atoms with E-state index in [1.165, 1.54) is 38.5 Å². The molecule has 1 aliphatic carbocycles. The minimum atomic E-state index is 0.351. The van der Waals surface area contributed by atoms with Gasteiger partial charge in [0.25, 0.3) is 0 Å². The second-order valence-electron chi connectivity index (χ2n) is 5.00. The molecule has 3 nitrogen and oxygen atoms in total. The average molecular weight is 227 g/mol. The smallest absolute Gasteiger partial charge is 0.0814 e. The summed E-state index contributed by atoms with van der Waals surface area (Å²) in [7, 11) is 0. The first kappa shape index (κ1) is 12.3. The lowest BCUT2D eigenvalue weighted by Crippen LogP contribution is -2.28. The highest BCUT2D eigenvalue weighted by atomic mass is 16.5. The second-order valence-corrected chi connectivity index (χ2v) is 5.00. The molecule has 2 fully saturated rings. The molecule has 0 amide bonds. The molecule has 94 valence electrons. The molecule has 1 heterocycles. The first-order valence-electron chi connectivity index (χ1n) is 6.86. The summed E-state index contributed by atoms with van der Waals surface area (Å²) in [6, 6.07) is 0. The molecule has 3 heteroatoms. The molecule has 0 radical (unpaired) electrons. The average Bonchev–Trinajstić information content (AvgIpc) is 2.95. The standard InChI is InChI=1S/C13H25NO2/c1-2-14-9-12-7-8-13(16-12)10-15-11-5-3-4-6-11/h11-14H,2-10H2,1H3. The van der Waals surface area contributed by atoms with Gasteiger partial charge in [-0.3, -0.25) is 0 Å². The van der Waals surface area contributed by atoms with Gasteiger partial charge in [0.05, 0.1) is 24.9 Å². The molecular formula is C13H25NO2. The lowest BCUT2D eigenvalue weighted by Gasteiger charge is -2.17. The molecule has 0 aromatic rings.